The topological polar surface area (TPSA) is 43.1 Å². The van der Waals surface area contributed by atoms with Gasteiger partial charge in [0.2, 0.25) is 11.5 Å². The number of rotatable bonds is 1. The first-order valence-corrected chi connectivity index (χ1v) is 2.01. The van der Waals surface area contributed by atoms with Gasteiger partial charge in [0.25, 0.3) is 0 Å². The molecule has 8 heavy (non-hydrogen) atoms. The van der Waals surface area contributed by atoms with E-state index in [1.165, 1.54) is 12.3 Å². The minimum Gasteiger partial charge on any atom is -0.353 e. The molecule has 0 aromatic carbocycles. The predicted octanol–water partition coefficient (Wildman–Crippen LogP) is 0.568. The lowest BCUT2D eigenvalue weighted by molar-refractivity contribution is 0.101. The van der Waals surface area contributed by atoms with Crippen molar-refractivity contribution in [2.24, 2.45) is 0 Å². The van der Waals surface area contributed by atoms with Gasteiger partial charge >= 0.3 is 0 Å². The Kier molecular flexibility index (Phi) is 1.12. The first-order valence-electron chi connectivity index (χ1n) is 2.01. The summed E-state index contributed by atoms with van der Waals surface area (Å²) < 4.78 is 4.37. The number of nitrogens with zero attached hydrogens (tertiary/aromatic N) is 1. The number of Topliss-reactive ketones (excluding diaryl/α,β-unsaturated/α-hetero) is 1. The van der Waals surface area contributed by atoms with Crippen LogP contribution in [0.3, 0.4) is 0 Å². The van der Waals surface area contributed by atoms with E-state index in [1.54, 1.807) is 0 Å². The van der Waals surface area contributed by atoms with Crippen molar-refractivity contribution in [3.63, 3.8) is 0 Å². The molecule has 40 valence electrons. The van der Waals surface area contributed by atoms with Gasteiger partial charge in [-0.1, -0.05) is 5.16 Å². The summed E-state index contributed by atoms with van der Waals surface area (Å²) in [6, 6.07) is 1.41. The van der Waals surface area contributed by atoms with Gasteiger partial charge in [0, 0.05) is 13.0 Å². The van der Waals surface area contributed by atoms with Crippen molar-refractivity contribution in [1.29, 1.82) is 0 Å². The van der Waals surface area contributed by atoms with Crippen LogP contribution >= 0.6 is 0 Å². The Morgan fingerprint density at radius 3 is 2.88 bits per heavy atom. The fourth-order valence-electron chi connectivity index (χ4n) is 0.343. The Morgan fingerprint density at radius 2 is 2.62 bits per heavy atom. The van der Waals surface area contributed by atoms with Crippen molar-refractivity contribution in [3.8, 4) is 0 Å². The van der Waals surface area contributed by atoms with Crippen LogP contribution in [-0.4, -0.2) is 10.9 Å². The third-order valence-corrected chi connectivity index (χ3v) is 0.681. The molecule has 0 bridgehead atoms. The maximum Gasteiger partial charge on any atom is 0.205 e. The zero-order chi connectivity index (χ0) is 5.98. The predicted molar refractivity (Wildman–Crippen MR) is 25.1 cm³/mol. The summed E-state index contributed by atoms with van der Waals surface area (Å²) in [5.74, 6) is -0.507. The first-order chi connectivity index (χ1) is 3.80. The van der Waals surface area contributed by atoms with Crippen LogP contribution in [0.1, 0.15) is 10.6 Å². The van der Waals surface area contributed by atoms with Crippen molar-refractivity contribution in [2.45, 2.75) is 0 Å². The van der Waals surface area contributed by atoms with Gasteiger partial charge in [-0.15, -0.1) is 0 Å². The molecule has 3 nitrogen and oxygen atoms in total. The molecule has 0 N–H and O–H groups in total. The third-order valence-electron chi connectivity index (χ3n) is 0.681. The first kappa shape index (κ1) is 5.03. The van der Waals surface area contributed by atoms with Gasteiger partial charge in [0.1, 0.15) is 0 Å². The van der Waals surface area contributed by atoms with Crippen LogP contribution in [0.5, 0.6) is 0 Å². The molecule has 0 aliphatic carbocycles. The van der Waals surface area contributed by atoms with Gasteiger partial charge in [-0.25, -0.2) is 0 Å². The van der Waals surface area contributed by atoms with E-state index in [9.17, 15) is 4.79 Å². The number of carbonyl (C=O) groups is 1. The molecule has 0 saturated heterocycles. The summed E-state index contributed by atoms with van der Waals surface area (Å²) in [4.78, 5) is 10.2. The lowest BCUT2D eigenvalue weighted by atomic mass is 10.3. The number of aromatic nitrogens is 1. The molecule has 0 unspecified atom stereocenters. The second-order valence-corrected chi connectivity index (χ2v) is 1.24. The Hall–Kier alpha value is -1.12. The maximum absolute atomic E-state index is 10.2. The molecule has 0 atom stereocenters. The smallest absolute Gasteiger partial charge is 0.205 e. The highest BCUT2D eigenvalue weighted by Gasteiger charge is 2.00. The molecule has 0 aliphatic heterocycles. The van der Waals surface area contributed by atoms with Gasteiger partial charge in [-0.2, -0.15) is 0 Å². The lowest BCUT2D eigenvalue weighted by Gasteiger charge is -1.76. The average molecular weight is 109 g/mol. The molecule has 0 amide bonds. The molecule has 0 saturated carbocycles. The monoisotopic (exact) mass is 109 g/mol. The highest BCUT2D eigenvalue weighted by atomic mass is 16.5. The molecular formula is C5H3NO2. The van der Waals surface area contributed by atoms with Crippen LogP contribution < -0.4 is 0 Å². The van der Waals surface area contributed by atoms with Crippen LogP contribution in [0.15, 0.2) is 16.8 Å². The quantitative estimate of drug-likeness (QED) is 0.495. The van der Waals surface area contributed by atoms with E-state index in [-0.39, 0.29) is 5.76 Å². The third kappa shape index (κ3) is 0.753. The maximum atomic E-state index is 10.2. The lowest BCUT2D eigenvalue weighted by Crippen LogP contribution is -1.86. The number of hydrogen-bond donors (Lipinski definition) is 0. The molecule has 0 spiro atoms. The summed E-state index contributed by atoms with van der Waals surface area (Å²) in [6.45, 7) is 4.79. The second-order valence-electron chi connectivity index (χ2n) is 1.24. The summed E-state index contributed by atoms with van der Waals surface area (Å²) in [5.41, 5.74) is 0. The summed E-state index contributed by atoms with van der Waals surface area (Å²) in [7, 11) is 0. The van der Waals surface area contributed by atoms with Crippen molar-refractivity contribution in [1.82, 2.24) is 5.16 Å². The SMILES string of the molecule is [CH]C(=O)c1ccno1. The normalized spacial score (nSPS) is 9.12. The zero-order valence-electron chi connectivity index (χ0n) is 4.00. The molecule has 0 fully saturated rings. The Morgan fingerprint density at radius 1 is 1.88 bits per heavy atom. The van der Waals surface area contributed by atoms with Crippen LogP contribution in [0.4, 0.5) is 0 Å². The highest BCUT2D eigenvalue weighted by Crippen LogP contribution is 1.94. The average Bonchev–Trinajstić information content (AvgIpc) is 2.12. The highest BCUT2D eigenvalue weighted by molar-refractivity contribution is 5.96. The van der Waals surface area contributed by atoms with Crippen molar-refractivity contribution in [2.75, 3.05) is 0 Å². The summed E-state index contributed by atoms with van der Waals surface area (Å²) in [5, 5.41) is 3.27. The van der Waals surface area contributed by atoms with Crippen LogP contribution in [0.2, 0.25) is 0 Å². The van der Waals surface area contributed by atoms with Gasteiger partial charge < -0.3 is 4.52 Å². The number of hydrogen-bond acceptors (Lipinski definition) is 3. The van der Waals surface area contributed by atoms with E-state index in [1.807, 2.05) is 0 Å². The van der Waals surface area contributed by atoms with E-state index in [0.717, 1.165) is 0 Å². The van der Waals surface area contributed by atoms with Gasteiger partial charge in [0.15, 0.2) is 0 Å². The minimum atomic E-state index is -0.595. The number of ketones is 1. The van der Waals surface area contributed by atoms with Crippen LogP contribution in [0.25, 0.3) is 0 Å². The van der Waals surface area contributed by atoms with E-state index < -0.39 is 5.78 Å². The zero-order valence-corrected chi connectivity index (χ0v) is 4.00. The Balaban J connectivity index is 2.93. The molecular weight excluding hydrogens is 106 g/mol. The van der Waals surface area contributed by atoms with E-state index >= 15 is 0 Å². The van der Waals surface area contributed by atoms with E-state index in [2.05, 4.69) is 9.68 Å². The molecule has 1 rings (SSSR count). The van der Waals surface area contributed by atoms with Gasteiger partial charge in [0.05, 0.1) is 6.20 Å². The Bertz CT molecular complexity index is 178. The van der Waals surface area contributed by atoms with Gasteiger partial charge in [-0.05, 0) is 0 Å². The van der Waals surface area contributed by atoms with E-state index in [0.29, 0.717) is 0 Å². The fourth-order valence-corrected chi connectivity index (χ4v) is 0.343. The van der Waals surface area contributed by atoms with Crippen molar-refractivity contribution in [3.05, 3.63) is 24.9 Å². The van der Waals surface area contributed by atoms with Crippen molar-refractivity contribution < 1.29 is 9.32 Å². The molecule has 1 aromatic heterocycles. The van der Waals surface area contributed by atoms with Gasteiger partial charge in [-0.3, -0.25) is 4.79 Å². The largest absolute Gasteiger partial charge is 0.353 e. The summed E-state index contributed by atoms with van der Waals surface area (Å²) >= 11 is 0. The summed E-state index contributed by atoms with van der Waals surface area (Å²) in [6.07, 6.45) is 1.36. The molecule has 0 aliphatic rings. The minimum absolute atomic E-state index is 0.0880. The Labute approximate surface area is 46.3 Å². The molecule has 1 heterocycles. The van der Waals surface area contributed by atoms with Crippen LogP contribution in [-0.2, 0) is 0 Å². The van der Waals surface area contributed by atoms with E-state index in [4.69, 9.17) is 6.92 Å². The van der Waals surface area contributed by atoms with Crippen LogP contribution in [0, 0.1) is 6.92 Å². The fraction of sp³-hybridized carbons (Fsp3) is 0. The molecule has 2 radical (unpaired) electrons. The standard InChI is InChI=1S/C5H3NO2/c1-4(7)5-2-3-6-8-5/h1-3H. The van der Waals surface area contributed by atoms with Crippen molar-refractivity contribution >= 4 is 5.78 Å². The second kappa shape index (κ2) is 1.78. The molecule has 1 aromatic rings. The number of carbonyl (C=O) groups excluding carboxylic acids is 1. The molecule has 3 heteroatoms.